The molecule has 0 fully saturated rings. The lowest BCUT2D eigenvalue weighted by molar-refractivity contribution is 0.0718. The molecule has 2 aromatic rings. The SMILES string of the molecule is Nc1nnc(C2COc3ccccc3O2)o1. The molecule has 0 saturated heterocycles. The van der Waals surface area contributed by atoms with E-state index in [4.69, 9.17) is 19.6 Å². The highest BCUT2D eigenvalue weighted by Crippen LogP contribution is 2.35. The van der Waals surface area contributed by atoms with Gasteiger partial charge in [0.25, 0.3) is 5.89 Å². The van der Waals surface area contributed by atoms with E-state index < -0.39 is 6.10 Å². The maximum Gasteiger partial charge on any atom is 0.312 e. The molecule has 3 rings (SSSR count). The summed E-state index contributed by atoms with van der Waals surface area (Å²) in [5.41, 5.74) is 5.34. The van der Waals surface area contributed by atoms with Crippen molar-refractivity contribution in [1.82, 2.24) is 10.2 Å². The molecule has 1 aliphatic heterocycles. The van der Waals surface area contributed by atoms with E-state index in [0.29, 0.717) is 24.0 Å². The van der Waals surface area contributed by atoms with Gasteiger partial charge in [-0.05, 0) is 12.1 Å². The number of ether oxygens (including phenoxy) is 2. The number of aromatic nitrogens is 2. The quantitative estimate of drug-likeness (QED) is 0.774. The van der Waals surface area contributed by atoms with Crippen LogP contribution in [0.4, 0.5) is 6.01 Å². The van der Waals surface area contributed by atoms with Crippen LogP contribution in [0.2, 0.25) is 0 Å². The molecule has 16 heavy (non-hydrogen) atoms. The highest BCUT2D eigenvalue weighted by molar-refractivity contribution is 5.40. The van der Waals surface area contributed by atoms with Crippen molar-refractivity contribution in [2.75, 3.05) is 12.3 Å². The summed E-state index contributed by atoms with van der Waals surface area (Å²) in [5.74, 6) is 1.70. The number of nitrogens with two attached hydrogens (primary N) is 1. The van der Waals surface area contributed by atoms with Crippen molar-refractivity contribution < 1.29 is 13.9 Å². The number of hydrogen-bond donors (Lipinski definition) is 1. The van der Waals surface area contributed by atoms with Gasteiger partial charge in [0.15, 0.2) is 11.5 Å². The fourth-order valence-electron chi connectivity index (χ4n) is 1.52. The normalized spacial score (nSPS) is 18.4. The molecule has 0 spiro atoms. The van der Waals surface area contributed by atoms with Crippen LogP contribution in [-0.2, 0) is 0 Å². The van der Waals surface area contributed by atoms with Crippen molar-refractivity contribution in [3.63, 3.8) is 0 Å². The predicted octanol–water partition coefficient (Wildman–Crippen LogP) is 1.16. The molecule has 0 amide bonds. The summed E-state index contributed by atoms with van der Waals surface area (Å²) in [6.45, 7) is 0.332. The Morgan fingerprint density at radius 3 is 2.75 bits per heavy atom. The molecule has 0 bridgehead atoms. The molecule has 0 radical (unpaired) electrons. The smallest absolute Gasteiger partial charge is 0.312 e. The topological polar surface area (TPSA) is 83.4 Å². The third kappa shape index (κ3) is 1.44. The summed E-state index contributed by atoms with van der Waals surface area (Å²) in [4.78, 5) is 0. The van der Waals surface area contributed by atoms with Gasteiger partial charge in [-0.2, -0.15) is 0 Å². The van der Waals surface area contributed by atoms with E-state index in [1.54, 1.807) is 0 Å². The molecule has 2 heterocycles. The van der Waals surface area contributed by atoms with Crippen LogP contribution in [0.1, 0.15) is 12.0 Å². The average Bonchev–Trinajstić information content (AvgIpc) is 2.75. The summed E-state index contributed by atoms with van der Waals surface area (Å²) in [5, 5.41) is 7.34. The molecule has 1 aromatic heterocycles. The van der Waals surface area contributed by atoms with Crippen LogP contribution in [0.25, 0.3) is 0 Å². The van der Waals surface area contributed by atoms with Crippen LogP contribution in [0.5, 0.6) is 11.5 Å². The molecule has 82 valence electrons. The van der Waals surface area contributed by atoms with E-state index in [2.05, 4.69) is 10.2 Å². The second kappa shape index (κ2) is 3.41. The lowest BCUT2D eigenvalue weighted by atomic mass is 10.2. The monoisotopic (exact) mass is 219 g/mol. The van der Waals surface area contributed by atoms with Gasteiger partial charge in [0.05, 0.1) is 0 Å². The zero-order valence-corrected chi connectivity index (χ0v) is 8.29. The minimum Gasteiger partial charge on any atom is -0.485 e. The average molecular weight is 219 g/mol. The maximum atomic E-state index is 5.65. The molecule has 0 saturated carbocycles. The number of para-hydroxylation sites is 2. The van der Waals surface area contributed by atoms with E-state index in [1.165, 1.54) is 0 Å². The number of nitrogen functional groups attached to an aromatic ring is 1. The van der Waals surface area contributed by atoms with Crippen LogP contribution in [0.3, 0.4) is 0 Å². The van der Waals surface area contributed by atoms with Crippen LogP contribution in [-0.4, -0.2) is 16.8 Å². The lowest BCUT2D eigenvalue weighted by Crippen LogP contribution is -2.21. The van der Waals surface area contributed by atoms with Crippen molar-refractivity contribution >= 4 is 6.01 Å². The Hall–Kier alpha value is -2.24. The van der Waals surface area contributed by atoms with E-state index in [-0.39, 0.29) is 6.01 Å². The molecule has 0 aliphatic carbocycles. The van der Waals surface area contributed by atoms with Crippen molar-refractivity contribution in [2.45, 2.75) is 6.10 Å². The molecule has 1 unspecified atom stereocenters. The molecule has 6 heteroatoms. The summed E-state index contributed by atoms with van der Waals surface area (Å²) in [6, 6.07) is 7.44. The van der Waals surface area contributed by atoms with Gasteiger partial charge in [-0.1, -0.05) is 17.2 Å². The van der Waals surface area contributed by atoms with Crippen LogP contribution in [0, 0.1) is 0 Å². The van der Waals surface area contributed by atoms with Gasteiger partial charge < -0.3 is 19.6 Å². The summed E-state index contributed by atoms with van der Waals surface area (Å²) >= 11 is 0. The Morgan fingerprint density at radius 2 is 2.00 bits per heavy atom. The van der Waals surface area contributed by atoms with E-state index in [1.807, 2.05) is 24.3 Å². The maximum absolute atomic E-state index is 5.65. The summed E-state index contributed by atoms with van der Waals surface area (Å²) in [6.07, 6.45) is -0.403. The Bertz CT molecular complexity index is 512. The molecule has 1 aliphatic rings. The van der Waals surface area contributed by atoms with Crippen LogP contribution in [0.15, 0.2) is 28.7 Å². The van der Waals surface area contributed by atoms with E-state index in [9.17, 15) is 0 Å². The van der Waals surface area contributed by atoms with Gasteiger partial charge >= 0.3 is 6.01 Å². The first-order valence-electron chi connectivity index (χ1n) is 4.80. The molecular weight excluding hydrogens is 210 g/mol. The van der Waals surface area contributed by atoms with Crippen molar-refractivity contribution in [3.05, 3.63) is 30.2 Å². The van der Waals surface area contributed by atoms with Crippen molar-refractivity contribution in [3.8, 4) is 11.5 Å². The fourth-order valence-corrected chi connectivity index (χ4v) is 1.52. The molecular formula is C10H9N3O3. The Morgan fingerprint density at radius 1 is 1.19 bits per heavy atom. The number of nitrogens with zero attached hydrogens (tertiary/aromatic N) is 2. The van der Waals surface area contributed by atoms with Crippen LogP contribution < -0.4 is 15.2 Å². The van der Waals surface area contributed by atoms with Gasteiger partial charge in [0.1, 0.15) is 6.61 Å². The van der Waals surface area contributed by atoms with Gasteiger partial charge in [-0.15, -0.1) is 5.10 Å². The van der Waals surface area contributed by atoms with Gasteiger partial charge in [0, 0.05) is 0 Å². The first-order valence-corrected chi connectivity index (χ1v) is 4.80. The minimum absolute atomic E-state index is 0.0254. The number of anilines is 1. The zero-order chi connectivity index (χ0) is 11.0. The van der Waals surface area contributed by atoms with Gasteiger partial charge in [-0.3, -0.25) is 0 Å². The Balaban J connectivity index is 1.88. The third-order valence-corrected chi connectivity index (χ3v) is 2.24. The molecule has 2 N–H and O–H groups in total. The van der Waals surface area contributed by atoms with Gasteiger partial charge in [0.2, 0.25) is 6.10 Å². The number of benzene rings is 1. The zero-order valence-electron chi connectivity index (χ0n) is 8.29. The Kier molecular flexibility index (Phi) is 1.92. The van der Waals surface area contributed by atoms with Crippen LogP contribution >= 0.6 is 0 Å². The van der Waals surface area contributed by atoms with Gasteiger partial charge in [-0.25, -0.2) is 0 Å². The number of fused-ring (bicyclic) bond motifs is 1. The summed E-state index contributed by atoms with van der Waals surface area (Å²) < 4.78 is 16.2. The largest absolute Gasteiger partial charge is 0.485 e. The second-order valence-electron chi connectivity index (χ2n) is 3.34. The Labute approximate surface area is 91.0 Å². The summed E-state index contributed by atoms with van der Waals surface area (Å²) in [7, 11) is 0. The predicted molar refractivity (Wildman–Crippen MR) is 54.0 cm³/mol. The molecule has 1 aromatic carbocycles. The molecule has 1 atom stereocenters. The number of rotatable bonds is 1. The number of hydrogen-bond acceptors (Lipinski definition) is 6. The molecule has 6 nitrogen and oxygen atoms in total. The standard InChI is InChI=1S/C10H9N3O3/c11-10-13-12-9(16-10)8-5-14-6-3-1-2-4-7(6)15-8/h1-4,8H,5H2,(H2,11,13). The lowest BCUT2D eigenvalue weighted by Gasteiger charge is -2.23. The highest BCUT2D eigenvalue weighted by Gasteiger charge is 2.26. The van der Waals surface area contributed by atoms with E-state index >= 15 is 0 Å². The first kappa shape index (κ1) is 9.02. The van der Waals surface area contributed by atoms with E-state index in [0.717, 1.165) is 0 Å². The first-order chi connectivity index (χ1) is 7.83. The van der Waals surface area contributed by atoms with Crippen molar-refractivity contribution in [2.24, 2.45) is 0 Å². The fraction of sp³-hybridized carbons (Fsp3) is 0.200. The second-order valence-corrected chi connectivity index (χ2v) is 3.34. The highest BCUT2D eigenvalue weighted by atomic mass is 16.6. The van der Waals surface area contributed by atoms with Crippen molar-refractivity contribution in [1.29, 1.82) is 0 Å². The third-order valence-electron chi connectivity index (χ3n) is 2.24. The minimum atomic E-state index is -0.403.